The summed E-state index contributed by atoms with van der Waals surface area (Å²) in [4.78, 5) is 15.3. The molecule has 5 rings (SSSR count). The summed E-state index contributed by atoms with van der Waals surface area (Å²) < 4.78 is 6.19. The van der Waals surface area contributed by atoms with Crippen LogP contribution in [0, 0.1) is 0 Å². The van der Waals surface area contributed by atoms with E-state index in [0.29, 0.717) is 6.54 Å². The smallest absolute Gasteiger partial charge is 0.251 e. The highest BCUT2D eigenvalue weighted by Crippen LogP contribution is 2.28. The van der Waals surface area contributed by atoms with Crippen LogP contribution in [0.15, 0.2) is 97.1 Å². The molecule has 0 radical (unpaired) electrons. The zero-order chi connectivity index (χ0) is 22.5. The van der Waals surface area contributed by atoms with Crippen molar-refractivity contribution in [3.05, 3.63) is 114 Å². The molecule has 0 bridgehead atoms. The van der Waals surface area contributed by atoms with Crippen LogP contribution in [0.2, 0.25) is 0 Å². The van der Waals surface area contributed by atoms with E-state index >= 15 is 0 Å². The van der Waals surface area contributed by atoms with Gasteiger partial charge in [0.05, 0.1) is 0 Å². The average Bonchev–Trinajstić information content (AvgIpc) is 3.26. The largest absolute Gasteiger partial charge is 0.488 e. The Bertz CT molecular complexity index is 1210. The summed E-state index contributed by atoms with van der Waals surface area (Å²) in [7, 11) is 0. The third-order valence-electron chi connectivity index (χ3n) is 6.17. The lowest BCUT2D eigenvalue weighted by Gasteiger charge is -2.25. The number of nitrogens with one attached hydrogen (secondary N) is 1. The first-order chi connectivity index (χ1) is 16.3. The number of amides is 1. The third kappa shape index (κ3) is 5.07. The van der Waals surface area contributed by atoms with E-state index in [2.05, 4.69) is 46.6 Å². The van der Waals surface area contributed by atoms with Gasteiger partial charge in [0.2, 0.25) is 0 Å². The molecule has 4 aromatic rings. The second-order valence-corrected chi connectivity index (χ2v) is 8.56. The fourth-order valence-electron chi connectivity index (χ4n) is 4.57. The van der Waals surface area contributed by atoms with Crippen LogP contribution in [-0.2, 0) is 13.0 Å². The monoisotopic (exact) mass is 436 g/mol. The van der Waals surface area contributed by atoms with Gasteiger partial charge in [-0.2, -0.15) is 0 Å². The van der Waals surface area contributed by atoms with Crippen molar-refractivity contribution < 1.29 is 9.53 Å². The molecule has 1 amide bonds. The minimum Gasteiger partial charge on any atom is -0.488 e. The van der Waals surface area contributed by atoms with Gasteiger partial charge >= 0.3 is 0 Å². The van der Waals surface area contributed by atoms with E-state index in [0.717, 1.165) is 48.1 Å². The van der Waals surface area contributed by atoms with Crippen LogP contribution >= 0.6 is 0 Å². The lowest BCUT2D eigenvalue weighted by Crippen LogP contribution is -2.39. The molecule has 4 nitrogen and oxygen atoms in total. The predicted molar refractivity (Wildman–Crippen MR) is 133 cm³/mol. The van der Waals surface area contributed by atoms with Crippen molar-refractivity contribution in [2.45, 2.75) is 19.1 Å². The average molecular weight is 437 g/mol. The van der Waals surface area contributed by atoms with Crippen molar-refractivity contribution in [2.24, 2.45) is 0 Å². The van der Waals surface area contributed by atoms with Crippen LogP contribution in [0.3, 0.4) is 0 Å². The Hall–Kier alpha value is -3.63. The van der Waals surface area contributed by atoms with Crippen molar-refractivity contribution in [1.29, 1.82) is 0 Å². The minimum absolute atomic E-state index is 0.0315. The van der Waals surface area contributed by atoms with Gasteiger partial charge in [-0.25, -0.2) is 0 Å². The van der Waals surface area contributed by atoms with Crippen molar-refractivity contribution >= 4 is 16.7 Å². The summed E-state index contributed by atoms with van der Waals surface area (Å²) in [6.07, 6.45) is 1.05. The molecular weight excluding hydrogens is 408 g/mol. The molecule has 33 heavy (non-hydrogen) atoms. The Kier molecular flexibility index (Phi) is 6.36. The van der Waals surface area contributed by atoms with E-state index in [1.807, 2.05) is 60.7 Å². The van der Waals surface area contributed by atoms with Gasteiger partial charge in [0.1, 0.15) is 11.9 Å². The number of hydrogen-bond donors (Lipinski definition) is 1. The first-order valence-corrected chi connectivity index (χ1v) is 11.5. The highest BCUT2D eigenvalue weighted by Gasteiger charge is 2.24. The second-order valence-electron chi connectivity index (χ2n) is 8.56. The van der Waals surface area contributed by atoms with Crippen molar-refractivity contribution in [3.63, 3.8) is 0 Å². The van der Waals surface area contributed by atoms with Crippen molar-refractivity contribution in [2.75, 3.05) is 19.6 Å². The van der Waals surface area contributed by atoms with E-state index in [1.54, 1.807) is 0 Å². The lowest BCUT2D eigenvalue weighted by molar-refractivity contribution is 0.0943. The number of para-hydroxylation sites is 1. The topological polar surface area (TPSA) is 41.6 Å². The first kappa shape index (κ1) is 21.2. The molecule has 1 atom stereocenters. The van der Waals surface area contributed by atoms with E-state index in [9.17, 15) is 4.79 Å². The fourth-order valence-corrected chi connectivity index (χ4v) is 4.57. The van der Waals surface area contributed by atoms with Gasteiger partial charge in [0.25, 0.3) is 5.91 Å². The highest BCUT2D eigenvalue weighted by atomic mass is 16.5. The molecule has 1 aliphatic heterocycles. The molecule has 1 unspecified atom stereocenters. The van der Waals surface area contributed by atoms with Gasteiger partial charge in [-0.1, -0.05) is 84.9 Å². The van der Waals surface area contributed by atoms with Crippen LogP contribution in [0.5, 0.6) is 5.75 Å². The van der Waals surface area contributed by atoms with Crippen LogP contribution in [0.4, 0.5) is 0 Å². The molecule has 1 heterocycles. The van der Waals surface area contributed by atoms with Gasteiger partial charge in [0, 0.05) is 38.2 Å². The summed E-state index contributed by atoms with van der Waals surface area (Å²) in [6.45, 7) is 2.96. The molecule has 0 saturated heterocycles. The summed E-state index contributed by atoms with van der Waals surface area (Å²) in [5, 5.41) is 5.19. The normalized spacial score (nSPS) is 14.8. The lowest BCUT2D eigenvalue weighted by atomic mass is 10.0. The molecule has 4 heteroatoms. The molecule has 4 aromatic carbocycles. The quantitative estimate of drug-likeness (QED) is 0.419. The molecule has 0 aliphatic carbocycles. The maximum atomic E-state index is 12.9. The zero-order valence-electron chi connectivity index (χ0n) is 18.6. The zero-order valence-corrected chi connectivity index (χ0v) is 18.6. The van der Waals surface area contributed by atoms with Crippen molar-refractivity contribution in [1.82, 2.24) is 10.2 Å². The predicted octanol–water partition coefficient (Wildman–Crippen LogP) is 5.08. The Morgan fingerprint density at radius 3 is 2.52 bits per heavy atom. The molecule has 0 aromatic heterocycles. The molecule has 1 aliphatic rings. The Morgan fingerprint density at radius 2 is 1.64 bits per heavy atom. The maximum absolute atomic E-state index is 12.9. The number of nitrogens with zero attached hydrogens (tertiary/aromatic N) is 1. The van der Waals surface area contributed by atoms with Crippen LogP contribution in [0.1, 0.15) is 21.5 Å². The number of benzene rings is 4. The third-order valence-corrected chi connectivity index (χ3v) is 6.17. The number of rotatable bonds is 8. The van der Waals surface area contributed by atoms with Gasteiger partial charge < -0.3 is 10.1 Å². The van der Waals surface area contributed by atoms with Gasteiger partial charge in [-0.05, 0) is 34.0 Å². The van der Waals surface area contributed by atoms with E-state index in [-0.39, 0.29) is 12.0 Å². The number of carbonyl (C=O) groups is 1. The molecular formula is C29H28N2O2. The molecule has 0 spiro atoms. The highest BCUT2D eigenvalue weighted by molar-refractivity contribution is 6.06. The summed E-state index contributed by atoms with van der Waals surface area (Å²) in [6, 6.07) is 32.6. The summed E-state index contributed by atoms with van der Waals surface area (Å²) >= 11 is 0. The molecule has 166 valence electrons. The number of ether oxygens (including phenoxy) is 1. The maximum Gasteiger partial charge on any atom is 0.251 e. The molecule has 0 fully saturated rings. The molecule has 0 saturated carbocycles. The Morgan fingerprint density at radius 1 is 0.879 bits per heavy atom. The van der Waals surface area contributed by atoms with Crippen molar-refractivity contribution in [3.8, 4) is 5.75 Å². The van der Waals surface area contributed by atoms with E-state index in [4.69, 9.17) is 4.74 Å². The van der Waals surface area contributed by atoms with E-state index in [1.165, 1.54) is 11.1 Å². The van der Waals surface area contributed by atoms with Crippen LogP contribution < -0.4 is 10.1 Å². The SMILES string of the molecule is O=C(NCCN(Cc1ccccc1)CC1Cc2ccccc2O1)c1cccc2ccccc12. The standard InChI is InChI=1S/C29H28N2O2/c32-29(27-15-8-13-23-11-4-6-14-26(23)27)30-17-18-31(20-22-9-2-1-3-10-22)21-25-19-24-12-5-7-16-28(24)33-25/h1-16,25H,17-21H2,(H,30,32). The second kappa shape index (κ2) is 9.88. The first-order valence-electron chi connectivity index (χ1n) is 11.5. The summed E-state index contributed by atoms with van der Waals surface area (Å²) in [5.41, 5.74) is 3.25. The number of hydrogen-bond acceptors (Lipinski definition) is 3. The Labute approximate surface area is 194 Å². The van der Waals surface area contributed by atoms with Gasteiger partial charge in [-0.3, -0.25) is 9.69 Å². The minimum atomic E-state index is -0.0315. The van der Waals surface area contributed by atoms with Gasteiger partial charge in [-0.15, -0.1) is 0 Å². The van der Waals surface area contributed by atoms with Gasteiger partial charge in [0.15, 0.2) is 0 Å². The van der Waals surface area contributed by atoms with Crippen LogP contribution in [0.25, 0.3) is 10.8 Å². The fraction of sp³-hybridized carbons (Fsp3) is 0.207. The molecule has 1 N–H and O–H groups in total. The number of fused-ring (bicyclic) bond motifs is 2. The number of carbonyl (C=O) groups excluding carboxylic acids is 1. The summed E-state index contributed by atoms with van der Waals surface area (Å²) in [5.74, 6) is 0.961. The van der Waals surface area contributed by atoms with E-state index < -0.39 is 0 Å². The Balaban J connectivity index is 1.23. The van der Waals surface area contributed by atoms with Crippen LogP contribution in [-0.4, -0.2) is 36.5 Å².